The van der Waals surface area contributed by atoms with Crippen LogP contribution in [-0.4, -0.2) is 91.7 Å². The van der Waals surface area contributed by atoms with Crippen molar-refractivity contribution >= 4 is 5.91 Å². The first-order valence-corrected chi connectivity index (χ1v) is 6.66. The van der Waals surface area contributed by atoms with Gasteiger partial charge in [-0.3, -0.25) is 9.69 Å². The van der Waals surface area contributed by atoms with E-state index < -0.39 is 0 Å². The Bertz CT molecular complexity index is 329. The van der Waals surface area contributed by atoms with Gasteiger partial charge in [0.15, 0.2) is 0 Å². The molecular formula is C12H21FN4O. The number of likely N-dealkylation sites (tertiary alicyclic amines) is 1. The second-order valence-electron chi connectivity index (χ2n) is 6.11. The second-order valence-corrected chi connectivity index (χ2v) is 6.11. The molecule has 0 bridgehead atoms. The van der Waals surface area contributed by atoms with Crippen LogP contribution in [-0.2, 0) is 4.79 Å². The van der Waals surface area contributed by atoms with E-state index >= 15 is 0 Å². The van der Waals surface area contributed by atoms with Gasteiger partial charge in [-0.25, -0.2) is 0 Å². The number of carbonyl (C=O) groups excluding carboxylic acids is 1. The maximum atomic E-state index is 12.7. The summed E-state index contributed by atoms with van der Waals surface area (Å²) < 4.78 is 12.7. The maximum absolute atomic E-state index is 12.7. The van der Waals surface area contributed by atoms with Crippen molar-refractivity contribution in [3.63, 3.8) is 0 Å². The predicted molar refractivity (Wildman–Crippen MR) is 65.6 cm³/mol. The van der Waals surface area contributed by atoms with Crippen molar-refractivity contribution in [2.45, 2.75) is 0 Å². The topological polar surface area (TPSA) is 30.0 Å². The van der Waals surface area contributed by atoms with Gasteiger partial charge in [0.25, 0.3) is 0 Å². The highest BCUT2D eigenvalue weighted by atomic mass is 19.2. The third kappa shape index (κ3) is 2.24. The Balaban J connectivity index is 1.41. The van der Waals surface area contributed by atoms with Gasteiger partial charge in [0.1, 0.15) is 0 Å². The van der Waals surface area contributed by atoms with Crippen LogP contribution in [0.1, 0.15) is 0 Å². The SMILES string of the molecule is CN1CCN(CC(=O)N2CC3(CN(F)C3)C2)CC1. The molecule has 0 atom stereocenters. The predicted octanol–water partition coefficient (Wildman–Crippen LogP) is -0.737. The van der Waals surface area contributed by atoms with E-state index in [-0.39, 0.29) is 11.3 Å². The molecule has 0 aromatic rings. The van der Waals surface area contributed by atoms with E-state index in [0.29, 0.717) is 19.6 Å². The lowest BCUT2D eigenvalue weighted by molar-refractivity contribution is -0.198. The fourth-order valence-electron chi connectivity index (χ4n) is 3.12. The summed E-state index contributed by atoms with van der Waals surface area (Å²) in [5, 5.41) is 0.836. The van der Waals surface area contributed by atoms with E-state index in [4.69, 9.17) is 0 Å². The standard InChI is InChI=1S/C12H21FN4O/c1-14-2-4-15(5-3-14)6-11(18)16-7-12(8-16)9-17(13)10-12/h2-10H2,1H3. The Morgan fingerprint density at radius 2 is 1.72 bits per heavy atom. The van der Waals surface area contributed by atoms with Crippen LogP contribution < -0.4 is 0 Å². The number of nitrogens with zero attached hydrogens (tertiary/aromatic N) is 4. The maximum Gasteiger partial charge on any atom is 0.236 e. The minimum atomic E-state index is 0.0898. The highest BCUT2D eigenvalue weighted by Gasteiger charge is 2.53. The second kappa shape index (κ2) is 4.43. The molecule has 0 N–H and O–H groups in total. The van der Waals surface area contributed by atoms with Gasteiger partial charge in [0, 0.05) is 57.8 Å². The molecule has 0 aromatic carbocycles. The van der Waals surface area contributed by atoms with Gasteiger partial charge in [-0.2, -0.15) is 0 Å². The highest BCUT2D eigenvalue weighted by Crippen LogP contribution is 2.39. The molecule has 0 radical (unpaired) electrons. The summed E-state index contributed by atoms with van der Waals surface area (Å²) >= 11 is 0. The molecule has 3 fully saturated rings. The summed E-state index contributed by atoms with van der Waals surface area (Å²) in [5.41, 5.74) is 0.0898. The Kier molecular flexibility index (Phi) is 3.03. The van der Waals surface area contributed by atoms with Crippen LogP contribution in [0.25, 0.3) is 0 Å². The van der Waals surface area contributed by atoms with E-state index in [1.54, 1.807) is 0 Å². The van der Waals surface area contributed by atoms with Crippen molar-refractivity contribution in [3.05, 3.63) is 0 Å². The Morgan fingerprint density at radius 1 is 1.11 bits per heavy atom. The van der Waals surface area contributed by atoms with E-state index in [2.05, 4.69) is 16.8 Å². The largest absolute Gasteiger partial charge is 0.340 e. The van der Waals surface area contributed by atoms with Gasteiger partial charge >= 0.3 is 0 Å². The van der Waals surface area contributed by atoms with Gasteiger partial charge in [0.2, 0.25) is 5.91 Å². The van der Waals surface area contributed by atoms with Crippen molar-refractivity contribution < 1.29 is 9.28 Å². The number of likely N-dealkylation sites (N-methyl/N-ethyl adjacent to an activating group) is 1. The lowest BCUT2D eigenvalue weighted by Crippen LogP contribution is -2.71. The lowest BCUT2D eigenvalue weighted by Gasteiger charge is -2.57. The molecule has 3 aliphatic heterocycles. The van der Waals surface area contributed by atoms with Crippen LogP contribution in [0.3, 0.4) is 0 Å². The van der Waals surface area contributed by atoms with Crippen LogP contribution in [0.15, 0.2) is 0 Å². The van der Waals surface area contributed by atoms with Gasteiger partial charge in [-0.1, -0.05) is 0 Å². The zero-order valence-electron chi connectivity index (χ0n) is 10.9. The summed E-state index contributed by atoms with van der Waals surface area (Å²) in [4.78, 5) is 18.4. The third-order valence-corrected chi connectivity index (χ3v) is 4.37. The quantitative estimate of drug-likeness (QED) is 0.609. The third-order valence-electron chi connectivity index (χ3n) is 4.37. The number of piperazine rings is 1. The number of carbonyl (C=O) groups is 1. The van der Waals surface area contributed by atoms with Crippen LogP contribution in [0.2, 0.25) is 0 Å². The number of halogens is 1. The van der Waals surface area contributed by atoms with Crippen LogP contribution >= 0.6 is 0 Å². The summed E-state index contributed by atoms with van der Waals surface area (Å²) in [6, 6.07) is 0. The van der Waals surface area contributed by atoms with Crippen LogP contribution in [0.5, 0.6) is 0 Å². The van der Waals surface area contributed by atoms with E-state index in [1.807, 2.05) is 4.90 Å². The van der Waals surface area contributed by atoms with Crippen molar-refractivity contribution in [1.82, 2.24) is 19.8 Å². The smallest absolute Gasteiger partial charge is 0.236 e. The number of amides is 1. The minimum absolute atomic E-state index is 0.0898. The summed E-state index contributed by atoms with van der Waals surface area (Å²) in [6.45, 7) is 7.06. The van der Waals surface area contributed by atoms with E-state index in [0.717, 1.165) is 44.4 Å². The fraction of sp³-hybridized carbons (Fsp3) is 0.917. The van der Waals surface area contributed by atoms with E-state index in [9.17, 15) is 9.28 Å². The number of hydrogen-bond donors (Lipinski definition) is 0. The molecule has 0 unspecified atom stereocenters. The molecule has 5 nitrogen and oxygen atoms in total. The average Bonchev–Trinajstić information content (AvgIpc) is 2.24. The van der Waals surface area contributed by atoms with Crippen LogP contribution in [0.4, 0.5) is 4.48 Å². The Morgan fingerprint density at radius 3 is 2.28 bits per heavy atom. The van der Waals surface area contributed by atoms with Gasteiger partial charge in [0.05, 0.1) is 6.54 Å². The molecule has 0 aliphatic carbocycles. The molecule has 1 amide bonds. The lowest BCUT2D eigenvalue weighted by atomic mass is 9.74. The molecule has 102 valence electrons. The van der Waals surface area contributed by atoms with Crippen molar-refractivity contribution in [2.75, 3.05) is 66.0 Å². The molecule has 18 heavy (non-hydrogen) atoms. The van der Waals surface area contributed by atoms with Crippen molar-refractivity contribution in [2.24, 2.45) is 5.41 Å². The molecule has 0 aromatic heterocycles. The first-order chi connectivity index (χ1) is 8.56. The van der Waals surface area contributed by atoms with Crippen LogP contribution in [0, 0.1) is 5.41 Å². The number of hydrogen-bond acceptors (Lipinski definition) is 4. The first kappa shape index (κ1) is 12.3. The van der Waals surface area contributed by atoms with Gasteiger partial charge < -0.3 is 9.80 Å². The molecule has 3 heterocycles. The first-order valence-electron chi connectivity index (χ1n) is 6.66. The zero-order chi connectivity index (χ0) is 12.8. The molecule has 3 aliphatic rings. The summed E-state index contributed by atoms with van der Waals surface area (Å²) in [7, 11) is 2.11. The molecule has 3 saturated heterocycles. The van der Waals surface area contributed by atoms with Gasteiger partial charge in [-0.05, 0) is 7.05 Å². The molecule has 6 heteroatoms. The minimum Gasteiger partial charge on any atom is -0.340 e. The normalized spacial score (nSPS) is 29.1. The Labute approximate surface area is 107 Å². The molecule has 0 saturated carbocycles. The fourth-order valence-corrected chi connectivity index (χ4v) is 3.12. The number of rotatable bonds is 2. The Hall–Kier alpha value is -0.720. The van der Waals surface area contributed by atoms with Crippen molar-refractivity contribution in [3.8, 4) is 0 Å². The molecule has 3 rings (SSSR count). The monoisotopic (exact) mass is 256 g/mol. The molecule has 1 spiro atoms. The van der Waals surface area contributed by atoms with Gasteiger partial charge in [-0.15, -0.1) is 9.60 Å². The zero-order valence-corrected chi connectivity index (χ0v) is 10.9. The van der Waals surface area contributed by atoms with Crippen molar-refractivity contribution in [1.29, 1.82) is 0 Å². The summed E-state index contributed by atoms with van der Waals surface area (Å²) in [6.07, 6.45) is 0. The summed E-state index contributed by atoms with van der Waals surface area (Å²) in [5.74, 6) is 0.211. The average molecular weight is 256 g/mol. The highest BCUT2D eigenvalue weighted by molar-refractivity contribution is 5.79. The molecular weight excluding hydrogens is 235 g/mol. The van der Waals surface area contributed by atoms with E-state index in [1.165, 1.54) is 0 Å².